The molecule has 0 aliphatic rings. The van der Waals surface area contributed by atoms with Gasteiger partial charge in [0.05, 0.1) is 17.5 Å². The molecule has 198 valence electrons. The monoisotopic (exact) mass is 550 g/mol. The van der Waals surface area contributed by atoms with Gasteiger partial charge in [0.25, 0.3) is 0 Å². The summed E-state index contributed by atoms with van der Waals surface area (Å²) < 4.78 is 53.7. The first-order valence-corrected chi connectivity index (χ1v) is 12.5. The minimum Gasteiger partial charge on any atom is -0.406 e. The zero-order chi connectivity index (χ0) is 27.6. The maximum Gasteiger partial charge on any atom is 0.573 e. The van der Waals surface area contributed by atoms with Crippen LogP contribution in [0.25, 0.3) is 33.0 Å². The average molecular weight is 551 g/mol. The summed E-state index contributed by atoms with van der Waals surface area (Å²) in [6.45, 7) is 3.85. The third-order valence-corrected chi connectivity index (χ3v) is 6.44. The molecule has 0 aliphatic heterocycles. The van der Waals surface area contributed by atoms with Crippen LogP contribution in [0.4, 0.5) is 23.7 Å². The minimum atomic E-state index is -4.75. The van der Waals surface area contributed by atoms with Crippen molar-refractivity contribution in [3.63, 3.8) is 0 Å². The number of aromatic nitrogens is 1. The predicted molar refractivity (Wildman–Crippen MR) is 147 cm³/mol. The number of benzene rings is 4. The number of fused-ring (bicyclic) bond motifs is 3. The molecule has 4 aromatic carbocycles. The summed E-state index contributed by atoms with van der Waals surface area (Å²) in [6.07, 6.45) is -3.13. The Balaban J connectivity index is 1.27. The molecule has 0 atom stereocenters. The summed E-state index contributed by atoms with van der Waals surface area (Å²) in [5.41, 5.74) is 5.18. The number of hydrogen-bond donors (Lipinski definition) is 2. The molecule has 11 heteroatoms. The molecular formula is C28H21F3N4O3S. The van der Waals surface area contributed by atoms with E-state index in [1.807, 2.05) is 62.4 Å². The van der Waals surface area contributed by atoms with Crippen molar-refractivity contribution >= 4 is 51.8 Å². The van der Waals surface area contributed by atoms with Gasteiger partial charge in [0.15, 0.2) is 5.58 Å². The van der Waals surface area contributed by atoms with Gasteiger partial charge in [-0.1, -0.05) is 35.5 Å². The van der Waals surface area contributed by atoms with Crippen molar-refractivity contribution in [2.24, 2.45) is 4.40 Å². The van der Waals surface area contributed by atoms with Crippen molar-refractivity contribution in [2.45, 2.75) is 20.2 Å². The molecule has 2 amide bonds. The quantitative estimate of drug-likeness (QED) is 0.165. The van der Waals surface area contributed by atoms with E-state index in [1.54, 1.807) is 6.21 Å². The van der Waals surface area contributed by atoms with E-state index in [4.69, 9.17) is 4.52 Å². The van der Waals surface area contributed by atoms with Gasteiger partial charge in [-0.15, -0.1) is 13.2 Å². The number of urea groups is 1. The number of aryl methyl sites for hydroxylation is 2. The Hall–Kier alpha value is -4.51. The van der Waals surface area contributed by atoms with Gasteiger partial charge in [0, 0.05) is 22.9 Å². The van der Waals surface area contributed by atoms with E-state index in [-0.39, 0.29) is 11.8 Å². The van der Waals surface area contributed by atoms with Crippen LogP contribution in [-0.2, 0) is 0 Å². The van der Waals surface area contributed by atoms with E-state index in [0.29, 0.717) is 16.8 Å². The van der Waals surface area contributed by atoms with Gasteiger partial charge in [-0.05, 0) is 78.4 Å². The van der Waals surface area contributed by atoms with E-state index in [0.717, 1.165) is 50.7 Å². The highest BCUT2D eigenvalue weighted by Crippen LogP contribution is 2.34. The van der Waals surface area contributed by atoms with Crippen LogP contribution in [-0.4, -0.2) is 23.8 Å². The van der Waals surface area contributed by atoms with Crippen molar-refractivity contribution in [1.29, 1.82) is 0 Å². The molecule has 1 aromatic heterocycles. The second-order valence-corrected chi connectivity index (χ2v) is 9.27. The number of carbonyl (C=O) groups is 1. The van der Waals surface area contributed by atoms with Crippen LogP contribution < -0.4 is 14.8 Å². The van der Waals surface area contributed by atoms with Crippen LogP contribution in [0.2, 0.25) is 0 Å². The molecular weight excluding hydrogens is 529 g/mol. The zero-order valence-electron chi connectivity index (χ0n) is 20.7. The highest BCUT2D eigenvalue weighted by atomic mass is 32.2. The van der Waals surface area contributed by atoms with Crippen LogP contribution in [0.1, 0.15) is 16.7 Å². The summed E-state index contributed by atoms with van der Waals surface area (Å²) >= 11 is 0.907. The van der Waals surface area contributed by atoms with Crippen molar-refractivity contribution in [1.82, 2.24) is 9.88 Å². The zero-order valence-corrected chi connectivity index (χ0v) is 21.5. The fourth-order valence-corrected chi connectivity index (χ4v) is 4.51. The fraction of sp³-hybridized carbons (Fsp3) is 0.107. The number of carbonyl (C=O) groups excluding carboxylic acids is 1. The smallest absolute Gasteiger partial charge is 0.406 e. The lowest BCUT2D eigenvalue weighted by Crippen LogP contribution is -2.23. The summed E-state index contributed by atoms with van der Waals surface area (Å²) in [6, 6.07) is 20.3. The first kappa shape index (κ1) is 26.1. The summed E-state index contributed by atoms with van der Waals surface area (Å²) in [4.78, 5) is 12.2. The molecule has 39 heavy (non-hydrogen) atoms. The van der Waals surface area contributed by atoms with Gasteiger partial charge in [-0.3, -0.25) is 4.72 Å². The van der Waals surface area contributed by atoms with Gasteiger partial charge in [0.1, 0.15) is 11.4 Å². The Morgan fingerprint density at radius 2 is 1.72 bits per heavy atom. The normalized spacial score (nSPS) is 11.8. The number of amides is 2. The van der Waals surface area contributed by atoms with Gasteiger partial charge < -0.3 is 14.6 Å². The molecule has 5 aromatic rings. The van der Waals surface area contributed by atoms with Gasteiger partial charge in [-0.2, -0.15) is 0 Å². The number of nitrogens with zero attached hydrogens (tertiary/aromatic N) is 2. The van der Waals surface area contributed by atoms with Crippen LogP contribution >= 0.6 is 12.1 Å². The molecule has 0 bridgehead atoms. The van der Waals surface area contributed by atoms with Crippen molar-refractivity contribution in [2.75, 3.05) is 5.32 Å². The molecule has 0 radical (unpaired) electrons. The Kier molecular flexibility index (Phi) is 7.16. The lowest BCUT2D eigenvalue weighted by molar-refractivity contribution is -0.274. The number of para-hydroxylation sites is 1. The lowest BCUT2D eigenvalue weighted by atomic mass is 10.0. The number of hydrogen-bond acceptors (Lipinski definition) is 6. The number of anilines is 1. The lowest BCUT2D eigenvalue weighted by Gasteiger charge is -2.10. The van der Waals surface area contributed by atoms with E-state index in [2.05, 4.69) is 24.3 Å². The molecule has 2 N–H and O–H groups in total. The predicted octanol–water partition coefficient (Wildman–Crippen LogP) is 7.97. The Morgan fingerprint density at radius 3 is 2.44 bits per heavy atom. The van der Waals surface area contributed by atoms with E-state index in [9.17, 15) is 18.0 Å². The fourth-order valence-electron chi connectivity index (χ4n) is 4.15. The molecule has 0 fully saturated rings. The van der Waals surface area contributed by atoms with E-state index < -0.39 is 6.36 Å². The average Bonchev–Trinajstić information content (AvgIpc) is 3.33. The number of ether oxygens (including phenoxy) is 1. The molecule has 5 rings (SSSR count). The molecule has 0 spiro atoms. The van der Waals surface area contributed by atoms with Crippen molar-refractivity contribution in [3.05, 3.63) is 89.5 Å². The molecule has 0 unspecified atom stereocenters. The topological polar surface area (TPSA) is 88.8 Å². The SMILES string of the molecule is Cc1cccc(C)c1NC(=O)NSN=Cc1ccc2c(ccc3c(-c4ccc(OC(F)(F)F)cc4)noc32)c1. The van der Waals surface area contributed by atoms with Gasteiger partial charge >= 0.3 is 12.4 Å². The highest BCUT2D eigenvalue weighted by Gasteiger charge is 2.31. The maximum absolute atomic E-state index is 12.4. The van der Waals surface area contributed by atoms with Crippen LogP contribution in [0.15, 0.2) is 81.7 Å². The Bertz CT molecular complexity index is 1680. The van der Waals surface area contributed by atoms with Crippen LogP contribution in [0, 0.1) is 13.8 Å². The Labute approximate surface area is 225 Å². The first-order valence-electron chi connectivity index (χ1n) is 11.7. The number of alkyl halides is 3. The summed E-state index contributed by atoms with van der Waals surface area (Å²) in [5, 5.41) is 9.40. The van der Waals surface area contributed by atoms with Crippen LogP contribution in [0.3, 0.4) is 0 Å². The van der Waals surface area contributed by atoms with Gasteiger partial charge in [0.2, 0.25) is 0 Å². The molecule has 7 nitrogen and oxygen atoms in total. The van der Waals surface area contributed by atoms with Crippen molar-refractivity contribution < 1.29 is 27.2 Å². The summed E-state index contributed by atoms with van der Waals surface area (Å²) in [7, 11) is 0. The van der Waals surface area contributed by atoms with Gasteiger partial charge in [-0.25, -0.2) is 9.19 Å². The van der Waals surface area contributed by atoms with E-state index in [1.165, 1.54) is 24.3 Å². The second kappa shape index (κ2) is 10.7. The first-order chi connectivity index (χ1) is 18.7. The largest absolute Gasteiger partial charge is 0.573 e. The molecule has 0 aliphatic carbocycles. The number of rotatable bonds is 6. The van der Waals surface area contributed by atoms with Crippen molar-refractivity contribution in [3.8, 4) is 17.0 Å². The second-order valence-electron chi connectivity index (χ2n) is 8.67. The van der Waals surface area contributed by atoms with E-state index >= 15 is 0 Å². The number of nitrogens with one attached hydrogen (secondary N) is 2. The third-order valence-electron chi connectivity index (χ3n) is 5.95. The summed E-state index contributed by atoms with van der Waals surface area (Å²) in [5.74, 6) is -0.311. The Morgan fingerprint density at radius 1 is 1.00 bits per heavy atom. The highest BCUT2D eigenvalue weighted by molar-refractivity contribution is 7.96. The third kappa shape index (κ3) is 5.99. The minimum absolute atomic E-state index is 0.311. The standard InChI is InChI=1S/C28H21F3N4O3S/c1-16-4-3-5-17(2)24(16)33-27(36)35-39-32-15-18-6-12-22-20(14-18)9-13-23-25(34-38-26(22)23)19-7-10-21(11-8-19)37-28(29,30)31/h3-15H,1-2H3,(H2,33,35,36). The molecule has 0 saturated heterocycles. The molecule has 1 heterocycles. The number of halogens is 3. The maximum atomic E-state index is 12.4. The van der Waals surface area contributed by atoms with Crippen LogP contribution in [0.5, 0.6) is 5.75 Å². The molecule has 0 saturated carbocycles.